The molecule has 0 unspecified atom stereocenters. The molecule has 0 radical (unpaired) electrons. The first kappa shape index (κ1) is 15.1. The fourth-order valence-corrected chi connectivity index (χ4v) is 2.03. The van der Waals surface area contributed by atoms with E-state index in [1.165, 1.54) is 0 Å². The lowest BCUT2D eigenvalue weighted by Crippen LogP contribution is -2.36. The van der Waals surface area contributed by atoms with Crippen molar-refractivity contribution in [2.75, 3.05) is 11.9 Å². The van der Waals surface area contributed by atoms with Gasteiger partial charge in [0.2, 0.25) is 0 Å². The van der Waals surface area contributed by atoms with Gasteiger partial charge in [0.05, 0.1) is 0 Å². The fourth-order valence-electron chi connectivity index (χ4n) is 1.80. The number of benzene rings is 2. The van der Waals surface area contributed by atoms with Crippen molar-refractivity contribution < 1.29 is 9.59 Å². The van der Waals surface area contributed by atoms with E-state index in [1.54, 1.807) is 30.3 Å². The SMILES string of the molecule is O=C(NCCc1ccccc1Cl)C(=O)Nc1ccccc1. The number of rotatable bonds is 4. The predicted octanol–water partition coefficient (Wildman–Crippen LogP) is 2.64. The Morgan fingerprint density at radius 1 is 0.905 bits per heavy atom. The van der Waals surface area contributed by atoms with E-state index in [2.05, 4.69) is 10.6 Å². The Hall–Kier alpha value is -2.33. The van der Waals surface area contributed by atoms with Crippen molar-refractivity contribution in [1.29, 1.82) is 0 Å². The largest absolute Gasteiger partial charge is 0.347 e. The molecule has 2 N–H and O–H groups in total. The molecule has 0 saturated carbocycles. The minimum atomic E-state index is -0.680. The van der Waals surface area contributed by atoms with E-state index in [-0.39, 0.29) is 0 Å². The van der Waals surface area contributed by atoms with Gasteiger partial charge >= 0.3 is 11.8 Å². The van der Waals surface area contributed by atoms with Crippen molar-refractivity contribution >= 4 is 29.1 Å². The highest BCUT2D eigenvalue weighted by Gasteiger charge is 2.12. The minimum Gasteiger partial charge on any atom is -0.347 e. The van der Waals surface area contributed by atoms with E-state index in [9.17, 15) is 9.59 Å². The maximum atomic E-state index is 11.7. The molecule has 0 aliphatic carbocycles. The molecule has 0 aliphatic heterocycles. The molecular weight excluding hydrogens is 288 g/mol. The van der Waals surface area contributed by atoms with Crippen molar-refractivity contribution in [3.05, 3.63) is 65.2 Å². The highest BCUT2D eigenvalue weighted by Crippen LogP contribution is 2.14. The molecule has 2 aromatic carbocycles. The predicted molar refractivity (Wildman–Crippen MR) is 83.2 cm³/mol. The summed E-state index contributed by atoms with van der Waals surface area (Å²) in [6, 6.07) is 16.2. The summed E-state index contributed by atoms with van der Waals surface area (Å²) in [5.74, 6) is -1.34. The highest BCUT2D eigenvalue weighted by atomic mass is 35.5. The topological polar surface area (TPSA) is 58.2 Å². The van der Waals surface area contributed by atoms with Crippen LogP contribution in [0.2, 0.25) is 5.02 Å². The molecule has 21 heavy (non-hydrogen) atoms. The van der Waals surface area contributed by atoms with Crippen LogP contribution in [0.25, 0.3) is 0 Å². The number of hydrogen-bond donors (Lipinski definition) is 2. The van der Waals surface area contributed by atoms with Gasteiger partial charge in [0.15, 0.2) is 0 Å². The first-order valence-electron chi connectivity index (χ1n) is 6.54. The molecular formula is C16H15ClN2O2. The molecule has 5 heteroatoms. The summed E-state index contributed by atoms with van der Waals surface area (Å²) in [7, 11) is 0. The Balaban J connectivity index is 1.79. The second kappa shape index (κ2) is 7.45. The van der Waals surface area contributed by atoms with Crippen LogP contribution < -0.4 is 10.6 Å². The van der Waals surface area contributed by atoms with E-state index in [4.69, 9.17) is 11.6 Å². The summed E-state index contributed by atoms with van der Waals surface area (Å²) in [5, 5.41) is 5.75. The number of carbonyl (C=O) groups excluding carboxylic acids is 2. The summed E-state index contributed by atoms with van der Waals surface area (Å²) in [6.45, 7) is 0.352. The molecule has 0 aromatic heterocycles. The molecule has 0 fully saturated rings. The average molecular weight is 303 g/mol. The number of amides is 2. The normalized spacial score (nSPS) is 9.95. The number of carbonyl (C=O) groups is 2. The monoisotopic (exact) mass is 302 g/mol. The summed E-state index contributed by atoms with van der Waals surface area (Å²) >= 11 is 6.02. The zero-order valence-corrected chi connectivity index (χ0v) is 12.1. The molecule has 0 heterocycles. The molecule has 0 spiro atoms. The Morgan fingerprint density at radius 3 is 2.29 bits per heavy atom. The highest BCUT2D eigenvalue weighted by molar-refractivity contribution is 6.39. The molecule has 0 saturated heterocycles. The molecule has 2 amide bonds. The molecule has 2 aromatic rings. The summed E-state index contributed by atoms with van der Waals surface area (Å²) in [5.41, 5.74) is 1.52. The summed E-state index contributed by atoms with van der Waals surface area (Å²) < 4.78 is 0. The van der Waals surface area contributed by atoms with E-state index in [1.807, 2.05) is 24.3 Å². The van der Waals surface area contributed by atoms with Gasteiger partial charge in [-0.05, 0) is 30.2 Å². The van der Waals surface area contributed by atoms with Gasteiger partial charge < -0.3 is 10.6 Å². The molecule has 0 bridgehead atoms. The lowest BCUT2D eigenvalue weighted by molar-refractivity contribution is -0.136. The van der Waals surface area contributed by atoms with Crippen molar-refractivity contribution in [2.45, 2.75) is 6.42 Å². The van der Waals surface area contributed by atoms with Crippen molar-refractivity contribution in [3.63, 3.8) is 0 Å². The second-order valence-corrected chi connectivity index (χ2v) is 4.82. The summed E-state index contributed by atoms with van der Waals surface area (Å²) in [6.07, 6.45) is 0.573. The van der Waals surface area contributed by atoms with Crippen LogP contribution in [0.15, 0.2) is 54.6 Å². The fraction of sp³-hybridized carbons (Fsp3) is 0.125. The zero-order chi connectivity index (χ0) is 15.1. The average Bonchev–Trinajstić information content (AvgIpc) is 2.50. The molecule has 0 aliphatic rings. The van der Waals surface area contributed by atoms with Crippen molar-refractivity contribution in [1.82, 2.24) is 5.32 Å². The van der Waals surface area contributed by atoms with E-state index in [0.29, 0.717) is 23.7 Å². The zero-order valence-electron chi connectivity index (χ0n) is 11.3. The smallest absolute Gasteiger partial charge is 0.313 e. The van der Waals surface area contributed by atoms with E-state index in [0.717, 1.165) is 5.56 Å². The van der Waals surface area contributed by atoms with Crippen LogP contribution in [-0.2, 0) is 16.0 Å². The molecule has 4 nitrogen and oxygen atoms in total. The Labute approximate surface area is 128 Å². The van der Waals surface area contributed by atoms with E-state index >= 15 is 0 Å². The number of halogens is 1. The van der Waals surface area contributed by atoms with Gasteiger partial charge in [-0.15, -0.1) is 0 Å². The lowest BCUT2D eigenvalue weighted by atomic mass is 10.1. The van der Waals surface area contributed by atoms with Crippen LogP contribution in [0.1, 0.15) is 5.56 Å². The Bertz CT molecular complexity index is 629. The van der Waals surface area contributed by atoms with Gasteiger partial charge in [-0.1, -0.05) is 48.0 Å². The first-order valence-corrected chi connectivity index (χ1v) is 6.92. The maximum absolute atomic E-state index is 11.7. The third-order valence-electron chi connectivity index (χ3n) is 2.88. The van der Waals surface area contributed by atoms with Gasteiger partial charge in [0.1, 0.15) is 0 Å². The van der Waals surface area contributed by atoms with E-state index < -0.39 is 11.8 Å². The maximum Gasteiger partial charge on any atom is 0.313 e. The van der Waals surface area contributed by atoms with Gasteiger partial charge in [-0.3, -0.25) is 9.59 Å². The van der Waals surface area contributed by atoms with Gasteiger partial charge in [0, 0.05) is 17.3 Å². The lowest BCUT2D eigenvalue weighted by Gasteiger charge is -2.07. The summed E-state index contributed by atoms with van der Waals surface area (Å²) in [4.78, 5) is 23.3. The van der Waals surface area contributed by atoms with Gasteiger partial charge in [-0.25, -0.2) is 0 Å². The van der Waals surface area contributed by atoms with Gasteiger partial charge in [0.25, 0.3) is 0 Å². The minimum absolute atomic E-state index is 0.352. The van der Waals surface area contributed by atoms with Gasteiger partial charge in [-0.2, -0.15) is 0 Å². The van der Waals surface area contributed by atoms with Crippen LogP contribution >= 0.6 is 11.6 Å². The standard InChI is InChI=1S/C16H15ClN2O2/c17-14-9-5-4-6-12(14)10-11-18-15(20)16(21)19-13-7-2-1-3-8-13/h1-9H,10-11H2,(H,18,20)(H,19,21). The third kappa shape index (κ3) is 4.61. The van der Waals surface area contributed by atoms with Crippen LogP contribution in [0.5, 0.6) is 0 Å². The Kier molecular flexibility index (Phi) is 5.35. The molecule has 0 atom stereocenters. The van der Waals surface area contributed by atoms with Crippen LogP contribution in [0.4, 0.5) is 5.69 Å². The molecule has 2 rings (SSSR count). The van der Waals surface area contributed by atoms with Crippen molar-refractivity contribution in [3.8, 4) is 0 Å². The second-order valence-electron chi connectivity index (χ2n) is 4.42. The number of hydrogen-bond acceptors (Lipinski definition) is 2. The van der Waals surface area contributed by atoms with Crippen molar-refractivity contribution in [2.24, 2.45) is 0 Å². The first-order chi connectivity index (χ1) is 10.2. The molecule has 108 valence electrons. The number of anilines is 1. The number of para-hydroxylation sites is 1. The van der Waals surface area contributed by atoms with Crippen LogP contribution in [-0.4, -0.2) is 18.4 Å². The third-order valence-corrected chi connectivity index (χ3v) is 3.24. The van der Waals surface area contributed by atoms with Crippen LogP contribution in [0, 0.1) is 0 Å². The van der Waals surface area contributed by atoms with Crippen LogP contribution in [0.3, 0.4) is 0 Å². The number of nitrogens with one attached hydrogen (secondary N) is 2. The Morgan fingerprint density at radius 2 is 1.57 bits per heavy atom. The quantitative estimate of drug-likeness (QED) is 0.853.